The fourth-order valence-corrected chi connectivity index (χ4v) is 7.82. The Kier molecular flexibility index (Phi) is 4.69. The van der Waals surface area contributed by atoms with Crippen LogP contribution in [0, 0.1) is 6.92 Å². The fraction of sp³-hybridized carbons (Fsp3) is 0.522. The number of sulfone groups is 1. The van der Waals surface area contributed by atoms with Crippen molar-refractivity contribution in [3.8, 4) is 0 Å². The summed E-state index contributed by atoms with van der Waals surface area (Å²) in [5, 5.41) is 7.56. The van der Waals surface area contributed by atoms with Gasteiger partial charge in [0.05, 0.1) is 40.2 Å². The predicted octanol–water partition coefficient (Wildman–Crippen LogP) is 4.02. The van der Waals surface area contributed by atoms with Gasteiger partial charge in [0.2, 0.25) is 0 Å². The molecule has 2 aliphatic heterocycles. The number of carbonyl (C=O) groups is 1. The van der Waals surface area contributed by atoms with Crippen molar-refractivity contribution in [2.75, 3.05) is 18.1 Å². The second-order valence-corrected chi connectivity index (χ2v) is 12.5. The van der Waals surface area contributed by atoms with Crippen LogP contribution in [0.2, 0.25) is 0 Å². The first-order chi connectivity index (χ1) is 15.4. The number of nitrogens with zero attached hydrogens (tertiary/aromatic N) is 4. The summed E-state index contributed by atoms with van der Waals surface area (Å²) >= 11 is 1.70. The van der Waals surface area contributed by atoms with Gasteiger partial charge in [0.15, 0.2) is 15.5 Å². The third-order valence-corrected chi connectivity index (χ3v) is 9.75. The maximum atomic E-state index is 13.9. The molecule has 1 aliphatic carbocycles. The number of likely N-dealkylation sites (tertiary alicyclic amines) is 1. The molecular weight excluding hydrogens is 444 g/mol. The minimum absolute atomic E-state index is 0.0388. The van der Waals surface area contributed by atoms with Gasteiger partial charge in [-0.1, -0.05) is 6.07 Å². The average Bonchev–Trinajstić information content (AvgIpc) is 3.15. The summed E-state index contributed by atoms with van der Waals surface area (Å²) in [4.78, 5) is 22.1. The molecule has 3 aliphatic rings. The molecule has 7 nitrogen and oxygen atoms in total. The van der Waals surface area contributed by atoms with Crippen molar-refractivity contribution in [2.45, 2.75) is 57.0 Å². The smallest absolute Gasteiger partial charge is 0.255 e. The van der Waals surface area contributed by atoms with E-state index in [9.17, 15) is 13.2 Å². The van der Waals surface area contributed by atoms with Gasteiger partial charge >= 0.3 is 0 Å². The molecular formula is C23H26N4O3S2. The largest absolute Gasteiger partial charge is 0.331 e. The van der Waals surface area contributed by atoms with E-state index in [0.717, 1.165) is 49.0 Å². The Morgan fingerprint density at radius 2 is 2.06 bits per heavy atom. The van der Waals surface area contributed by atoms with E-state index >= 15 is 0 Å². The quantitative estimate of drug-likeness (QED) is 0.575. The summed E-state index contributed by atoms with van der Waals surface area (Å²) in [5.41, 5.74) is 3.03. The van der Waals surface area contributed by atoms with Crippen LogP contribution in [0.25, 0.3) is 11.0 Å². The van der Waals surface area contributed by atoms with E-state index in [0.29, 0.717) is 23.5 Å². The number of thiophene rings is 1. The standard InChI is InChI=1S/C23H26N4O3S2/c1-14-21-17(23(28)26-9-2-4-19(26)20-5-3-10-31-20)12-18(15-6-7-15)24-22(21)27(25-14)16-8-11-32(29,30)13-16/h3,5,10,12,15-16,19H,2,4,6-9,11,13H2,1H3/t16-,19+/m0/s1. The van der Waals surface area contributed by atoms with E-state index in [-0.39, 0.29) is 29.5 Å². The Hall–Kier alpha value is -2.26. The Bertz CT molecular complexity index is 1310. The molecule has 0 radical (unpaired) electrons. The molecule has 2 saturated heterocycles. The normalized spacial score (nSPS) is 25.1. The van der Waals surface area contributed by atoms with Crippen molar-refractivity contribution in [1.29, 1.82) is 0 Å². The van der Waals surface area contributed by atoms with Crippen LogP contribution in [0.5, 0.6) is 0 Å². The molecule has 3 fully saturated rings. The van der Waals surface area contributed by atoms with Crippen LogP contribution >= 0.6 is 11.3 Å². The molecule has 9 heteroatoms. The number of pyridine rings is 1. The number of aromatic nitrogens is 3. The first-order valence-corrected chi connectivity index (χ1v) is 14.1. The molecule has 168 valence electrons. The van der Waals surface area contributed by atoms with Crippen molar-refractivity contribution >= 4 is 38.1 Å². The van der Waals surface area contributed by atoms with Gasteiger partial charge in [-0.3, -0.25) is 4.79 Å². The second kappa shape index (κ2) is 7.38. The lowest BCUT2D eigenvalue weighted by Gasteiger charge is -2.24. The molecule has 3 aromatic heterocycles. The van der Waals surface area contributed by atoms with Crippen LogP contribution < -0.4 is 0 Å². The van der Waals surface area contributed by atoms with Gasteiger partial charge in [-0.25, -0.2) is 18.1 Å². The van der Waals surface area contributed by atoms with Crippen molar-refractivity contribution in [3.63, 3.8) is 0 Å². The molecule has 2 atom stereocenters. The topological polar surface area (TPSA) is 85.2 Å². The highest BCUT2D eigenvalue weighted by Gasteiger charge is 2.36. The summed E-state index contributed by atoms with van der Waals surface area (Å²) < 4.78 is 26.0. The van der Waals surface area contributed by atoms with Crippen molar-refractivity contribution in [2.24, 2.45) is 0 Å². The third-order valence-electron chi connectivity index (χ3n) is 7.02. The maximum Gasteiger partial charge on any atom is 0.255 e. The van der Waals surface area contributed by atoms with E-state index in [2.05, 4.69) is 11.4 Å². The zero-order valence-electron chi connectivity index (χ0n) is 18.0. The van der Waals surface area contributed by atoms with Crippen LogP contribution in [0.1, 0.15) is 76.7 Å². The lowest BCUT2D eigenvalue weighted by molar-refractivity contribution is 0.0739. The number of aryl methyl sites for hydroxylation is 1. The summed E-state index contributed by atoms with van der Waals surface area (Å²) in [7, 11) is -3.05. The molecule has 1 amide bonds. The van der Waals surface area contributed by atoms with Gasteiger partial charge in [-0.2, -0.15) is 5.10 Å². The zero-order valence-corrected chi connectivity index (χ0v) is 19.7. The first-order valence-electron chi connectivity index (χ1n) is 11.4. The number of hydrogen-bond acceptors (Lipinski definition) is 6. The summed E-state index contributed by atoms with van der Waals surface area (Å²) in [5.74, 6) is 0.696. The summed E-state index contributed by atoms with van der Waals surface area (Å²) in [6.07, 6.45) is 4.69. The van der Waals surface area contributed by atoms with E-state index < -0.39 is 9.84 Å². The van der Waals surface area contributed by atoms with E-state index in [1.54, 1.807) is 16.0 Å². The average molecular weight is 471 g/mol. The van der Waals surface area contributed by atoms with Gasteiger partial charge in [-0.05, 0) is 56.5 Å². The van der Waals surface area contributed by atoms with Gasteiger partial charge < -0.3 is 4.90 Å². The Morgan fingerprint density at radius 1 is 1.22 bits per heavy atom. The molecule has 0 bridgehead atoms. The Morgan fingerprint density at radius 3 is 2.75 bits per heavy atom. The predicted molar refractivity (Wildman–Crippen MR) is 124 cm³/mol. The number of fused-ring (bicyclic) bond motifs is 1. The number of carbonyl (C=O) groups excluding carboxylic acids is 1. The van der Waals surface area contributed by atoms with Gasteiger partial charge in [0, 0.05) is 23.0 Å². The van der Waals surface area contributed by atoms with E-state index in [4.69, 9.17) is 10.1 Å². The highest BCUT2D eigenvalue weighted by atomic mass is 32.2. The molecule has 5 heterocycles. The molecule has 0 spiro atoms. The number of hydrogen-bond donors (Lipinski definition) is 0. The minimum Gasteiger partial charge on any atom is -0.331 e. The van der Waals surface area contributed by atoms with Gasteiger partial charge in [-0.15, -0.1) is 11.3 Å². The summed E-state index contributed by atoms with van der Waals surface area (Å²) in [6.45, 7) is 2.65. The highest BCUT2D eigenvalue weighted by molar-refractivity contribution is 7.91. The molecule has 3 aromatic rings. The monoisotopic (exact) mass is 470 g/mol. The number of amides is 1. The molecule has 0 N–H and O–H groups in total. The maximum absolute atomic E-state index is 13.9. The first kappa shape index (κ1) is 20.4. The highest BCUT2D eigenvalue weighted by Crippen LogP contribution is 2.42. The van der Waals surface area contributed by atoms with Gasteiger partial charge in [0.1, 0.15) is 0 Å². The van der Waals surface area contributed by atoms with Crippen LogP contribution in [-0.2, 0) is 9.84 Å². The third kappa shape index (κ3) is 3.37. The molecule has 1 saturated carbocycles. The molecule has 32 heavy (non-hydrogen) atoms. The molecule has 0 aromatic carbocycles. The van der Waals surface area contributed by atoms with Crippen LogP contribution in [0.3, 0.4) is 0 Å². The minimum atomic E-state index is -3.05. The number of rotatable bonds is 4. The van der Waals surface area contributed by atoms with Crippen LogP contribution in [0.4, 0.5) is 0 Å². The van der Waals surface area contributed by atoms with Crippen molar-refractivity contribution in [1.82, 2.24) is 19.7 Å². The fourth-order valence-electron chi connectivity index (χ4n) is 5.25. The van der Waals surface area contributed by atoms with Crippen molar-refractivity contribution in [3.05, 3.63) is 45.4 Å². The van der Waals surface area contributed by atoms with E-state index in [1.807, 2.05) is 24.0 Å². The summed E-state index contributed by atoms with van der Waals surface area (Å²) in [6, 6.07) is 6.04. The lowest BCUT2D eigenvalue weighted by Crippen LogP contribution is -2.30. The van der Waals surface area contributed by atoms with Crippen LogP contribution in [-0.4, -0.2) is 52.0 Å². The second-order valence-electron chi connectivity index (χ2n) is 9.33. The zero-order chi connectivity index (χ0) is 22.0. The van der Waals surface area contributed by atoms with Crippen LogP contribution in [0.15, 0.2) is 23.6 Å². The van der Waals surface area contributed by atoms with Gasteiger partial charge in [0.25, 0.3) is 5.91 Å². The molecule has 6 rings (SSSR count). The van der Waals surface area contributed by atoms with Crippen molar-refractivity contribution < 1.29 is 13.2 Å². The van der Waals surface area contributed by atoms with E-state index in [1.165, 1.54) is 4.88 Å². The Labute approximate surface area is 191 Å². The SMILES string of the molecule is Cc1nn([C@H]2CCS(=O)(=O)C2)c2nc(C3CC3)cc(C(=O)N3CCC[C@@H]3c3cccs3)c12. The Balaban J connectivity index is 1.47. The molecule has 0 unspecified atom stereocenters. The lowest BCUT2D eigenvalue weighted by atomic mass is 10.1.